The summed E-state index contributed by atoms with van der Waals surface area (Å²) in [6.07, 6.45) is -6.39. The van der Waals surface area contributed by atoms with Crippen LogP contribution in [0.4, 0.5) is 0 Å². The van der Waals surface area contributed by atoms with E-state index in [2.05, 4.69) is 4.74 Å². The molecule has 15 atom stereocenters. The molecule has 4 N–H and O–H groups in total. The molecule has 4 aliphatic carbocycles. The molecule has 2 heterocycles. The van der Waals surface area contributed by atoms with Crippen LogP contribution in [0.25, 0.3) is 0 Å². The van der Waals surface area contributed by atoms with Crippen LogP contribution >= 0.6 is 34.8 Å². The lowest BCUT2D eigenvalue weighted by Gasteiger charge is -2.41. The summed E-state index contributed by atoms with van der Waals surface area (Å²) >= 11 is 17.4. The fraction of sp³-hybridized carbons (Fsp3) is 0.612. The molecule has 2 saturated carbocycles. The number of allylic oxidation sites excluding steroid dienone is 2. The van der Waals surface area contributed by atoms with E-state index in [4.69, 9.17) is 77.4 Å². The standard InChI is InChI=1S/C30H42O12.C25H34O11.C12H9Cl3O3/c1-9-12-19(32)38-18-14-28(7,42-17(6)31)22-21(25-30(18,37)29(8,36)27(35)41-25)16(5)23(40-26(34)15(4)11-3)24(22)39-20(33)13-10-2;1-7-9-15(27)33-14-11-23(5,36-13(4)26)18-17(21-25(14,32)24(6,31)22(30)35-21)12(3)19(29)20(18)34-16(28)10-8-2;1-3-6(2)11(16)18-12(17)10-8(14)4-7(13)5-9(10)15/h11,18,22-25,36-37H,9-10,12-14H2,1-8H3;14,18,20-21,31-32H,7-11H2,1-6H3;3-5H,1-2H3/b15-11-;;6-3-/t18-,22+,23-,24-,25-,28-,29+,30+;14-,18+,20-,21-,23-,24+,25+;/m00./s1. The van der Waals surface area contributed by atoms with Gasteiger partial charge in [-0.1, -0.05) is 74.6 Å². The lowest BCUT2D eigenvalue weighted by Crippen LogP contribution is -2.64. The molecule has 2 saturated heterocycles. The van der Waals surface area contributed by atoms with Crippen molar-refractivity contribution >= 4 is 106 Å². The van der Waals surface area contributed by atoms with Gasteiger partial charge in [-0.05, 0) is 129 Å². The molecule has 0 aromatic heterocycles. The molecule has 530 valence electrons. The van der Waals surface area contributed by atoms with Crippen molar-refractivity contribution in [3.8, 4) is 0 Å². The lowest BCUT2D eigenvalue weighted by molar-refractivity contribution is -0.212. The van der Waals surface area contributed by atoms with Crippen LogP contribution in [0.3, 0.4) is 0 Å². The van der Waals surface area contributed by atoms with Crippen LogP contribution in [-0.4, -0.2) is 168 Å². The molecule has 1 aromatic carbocycles. The third-order valence-corrected chi connectivity index (χ3v) is 18.8. The molecule has 2 aliphatic heterocycles. The fourth-order valence-electron chi connectivity index (χ4n) is 12.9. The Morgan fingerprint density at radius 2 is 0.938 bits per heavy atom. The minimum atomic E-state index is -2.57. The number of esters is 11. The van der Waals surface area contributed by atoms with E-state index in [0.29, 0.717) is 31.3 Å². The van der Waals surface area contributed by atoms with Crippen LogP contribution in [-0.2, 0) is 100 Å². The number of carbonyl (C=O) groups is 12. The van der Waals surface area contributed by atoms with Crippen LogP contribution in [0.5, 0.6) is 0 Å². The van der Waals surface area contributed by atoms with Crippen LogP contribution in [0.1, 0.15) is 185 Å². The summed E-state index contributed by atoms with van der Waals surface area (Å²) in [6, 6.07) is 2.69. The van der Waals surface area contributed by atoms with Crippen molar-refractivity contribution in [2.45, 2.75) is 251 Å². The molecule has 0 bridgehead atoms. The first-order valence-electron chi connectivity index (χ1n) is 31.3. The van der Waals surface area contributed by atoms with Crippen molar-refractivity contribution < 1.29 is 125 Å². The quantitative estimate of drug-likeness (QED) is 0.0359. The molecule has 0 amide bonds. The van der Waals surface area contributed by atoms with Gasteiger partial charge in [0.25, 0.3) is 0 Å². The van der Waals surface area contributed by atoms with E-state index in [1.54, 1.807) is 61.5 Å². The van der Waals surface area contributed by atoms with E-state index in [9.17, 15) is 78.0 Å². The van der Waals surface area contributed by atoms with Gasteiger partial charge >= 0.3 is 65.7 Å². The van der Waals surface area contributed by atoms with Gasteiger partial charge in [0, 0.05) is 68.5 Å². The number of ether oxygens (including phenoxy) is 10. The monoisotopic (exact) mass is 1410 g/mol. The predicted molar refractivity (Wildman–Crippen MR) is 338 cm³/mol. The fourth-order valence-corrected chi connectivity index (χ4v) is 13.9. The number of Topliss-reactive ketones (excluding diaryl/α,β-unsaturated/α-hetero) is 1. The summed E-state index contributed by atoms with van der Waals surface area (Å²) in [4.78, 5) is 151. The molecule has 0 spiro atoms. The predicted octanol–water partition coefficient (Wildman–Crippen LogP) is 7.72. The first-order valence-corrected chi connectivity index (χ1v) is 32.5. The maximum absolute atomic E-state index is 13.3. The first kappa shape index (κ1) is 79.6. The number of carbonyl (C=O) groups excluding carboxylic acids is 12. The number of aliphatic hydroxyl groups is 4. The van der Waals surface area contributed by atoms with Crippen molar-refractivity contribution in [2.75, 3.05) is 0 Å². The minimum absolute atomic E-state index is 0.0145. The molecular weight excluding hydrogens is 1330 g/mol. The summed E-state index contributed by atoms with van der Waals surface area (Å²) in [7, 11) is 0. The van der Waals surface area contributed by atoms with Crippen LogP contribution in [0, 0.1) is 11.8 Å². The van der Waals surface area contributed by atoms with Gasteiger partial charge in [-0.3, -0.25) is 33.6 Å². The van der Waals surface area contributed by atoms with Crippen molar-refractivity contribution in [1.29, 1.82) is 0 Å². The Morgan fingerprint density at radius 1 is 0.552 bits per heavy atom. The molecular formula is C67H85Cl3O26. The highest BCUT2D eigenvalue weighted by atomic mass is 35.5. The zero-order valence-corrected chi connectivity index (χ0v) is 58.7. The molecule has 4 fully saturated rings. The Kier molecular flexibility index (Phi) is 25.9. The van der Waals surface area contributed by atoms with Gasteiger partial charge in [-0.25, -0.2) is 24.0 Å². The lowest BCUT2D eigenvalue weighted by atomic mass is 9.75. The highest BCUT2D eigenvalue weighted by molar-refractivity contribution is 6.42. The largest absolute Gasteiger partial charge is 0.459 e. The van der Waals surface area contributed by atoms with E-state index in [-0.39, 0.29) is 74.2 Å². The zero-order chi connectivity index (χ0) is 72.9. The van der Waals surface area contributed by atoms with Gasteiger partial charge in [-0.15, -0.1) is 0 Å². The topological polar surface area (TPSA) is 378 Å². The van der Waals surface area contributed by atoms with Gasteiger partial charge in [0.1, 0.15) is 23.4 Å². The van der Waals surface area contributed by atoms with Crippen LogP contribution in [0.15, 0.2) is 57.7 Å². The third kappa shape index (κ3) is 15.6. The first-order chi connectivity index (χ1) is 44.5. The molecule has 96 heavy (non-hydrogen) atoms. The molecule has 1 aromatic rings. The number of rotatable bonds is 18. The van der Waals surface area contributed by atoms with Crippen molar-refractivity contribution in [1.82, 2.24) is 0 Å². The summed E-state index contributed by atoms with van der Waals surface area (Å²) < 4.78 is 55.8. The van der Waals surface area contributed by atoms with Crippen LogP contribution < -0.4 is 0 Å². The maximum atomic E-state index is 13.3. The van der Waals surface area contributed by atoms with E-state index in [0.717, 1.165) is 27.7 Å². The Bertz CT molecular complexity index is 3410. The Morgan fingerprint density at radius 3 is 1.34 bits per heavy atom. The molecule has 26 nitrogen and oxygen atoms in total. The van der Waals surface area contributed by atoms with Gasteiger partial charge in [0.15, 0.2) is 58.7 Å². The van der Waals surface area contributed by atoms with Gasteiger partial charge in [-0.2, -0.15) is 0 Å². The summed E-state index contributed by atoms with van der Waals surface area (Å²) in [5.41, 5.74) is -12.6. The number of halogens is 3. The van der Waals surface area contributed by atoms with E-state index in [1.807, 2.05) is 0 Å². The van der Waals surface area contributed by atoms with Gasteiger partial charge in [0.2, 0.25) is 0 Å². The molecule has 29 heteroatoms. The van der Waals surface area contributed by atoms with Crippen LogP contribution in [0.2, 0.25) is 15.1 Å². The Hall–Kier alpha value is -7.07. The summed E-state index contributed by atoms with van der Waals surface area (Å²) in [6.45, 7) is 23.7. The number of hydrogen-bond acceptors (Lipinski definition) is 26. The zero-order valence-electron chi connectivity index (χ0n) is 56.5. The number of hydrogen-bond donors (Lipinski definition) is 4. The maximum Gasteiger partial charge on any atom is 0.349 e. The SMILES string of the molecule is C/C=C(/C)C(=O)OC(=O)c1c(Cl)cc(Cl)cc1Cl.C/C=C(/C)C(=O)O[C@H]1C(C)=C2[C@H]([C@@H]1OC(=O)CCC)[C@@](C)(OC(C)=O)C[C@H](OC(=O)CCC)[C@@]1(O)[C@H]2OC(=O)[C@@]1(C)O.CCCC(=O)O[C@@H]1C(=O)C(C)=C2[C@H]1[C@@](C)(OC(C)=O)C[C@H](OC(=O)CCC)[C@@]1(O)[C@H]2OC(=O)[C@@]1(C)O. The van der Waals surface area contributed by atoms with Crippen molar-refractivity contribution in [3.05, 3.63) is 78.4 Å². The van der Waals surface area contributed by atoms with Gasteiger partial charge < -0.3 is 67.8 Å². The molecule has 7 rings (SSSR count). The second-order valence-electron chi connectivity index (χ2n) is 25.1. The second kappa shape index (κ2) is 31.2. The molecule has 0 unspecified atom stereocenters. The number of fused-ring (bicyclic) bond motifs is 6. The Balaban J connectivity index is 0.000000280. The second-order valence-corrected chi connectivity index (χ2v) is 26.4. The smallest absolute Gasteiger partial charge is 0.349 e. The summed E-state index contributed by atoms with van der Waals surface area (Å²) in [5.74, 6) is -11.8. The normalized spacial score (nSPS) is 31.9. The van der Waals surface area contributed by atoms with Crippen molar-refractivity contribution in [3.63, 3.8) is 0 Å². The molecule has 6 aliphatic rings. The highest BCUT2D eigenvalue weighted by Crippen LogP contribution is 2.59. The summed E-state index contributed by atoms with van der Waals surface area (Å²) in [5, 5.41) is 47.1. The minimum Gasteiger partial charge on any atom is -0.459 e. The van der Waals surface area contributed by atoms with E-state index < -0.39 is 172 Å². The highest BCUT2D eigenvalue weighted by Gasteiger charge is 2.78. The molecule has 0 radical (unpaired) electrons. The number of ketones is 1. The Labute approximate surface area is 570 Å². The number of benzene rings is 1. The third-order valence-electron chi connectivity index (χ3n) is 18.0. The average Bonchev–Trinajstić information content (AvgIpc) is 1.53. The average molecular weight is 1410 g/mol. The van der Waals surface area contributed by atoms with E-state index in [1.165, 1.54) is 45.9 Å². The van der Waals surface area contributed by atoms with E-state index >= 15 is 0 Å². The van der Waals surface area contributed by atoms with Crippen molar-refractivity contribution in [2.24, 2.45) is 11.8 Å². The van der Waals surface area contributed by atoms with Gasteiger partial charge in [0.05, 0.1) is 27.4 Å².